The summed E-state index contributed by atoms with van der Waals surface area (Å²) in [4.78, 5) is 12.0. The zero-order valence-electron chi connectivity index (χ0n) is 13.0. The summed E-state index contributed by atoms with van der Waals surface area (Å²) in [5.41, 5.74) is 2.65. The van der Waals surface area contributed by atoms with Crippen molar-refractivity contribution in [2.75, 3.05) is 17.7 Å². The van der Waals surface area contributed by atoms with E-state index < -0.39 is 0 Å². The molecule has 0 bridgehead atoms. The van der Waals surface area contributed by atoms with Gasteiger partial charge in [-0.2, -0.15) is 0 Å². The molecular formula is C16H20N2O3S. The fourth-order valence-electron chi connectivity index (χ4n) is 1.99. The van der Waals surface area contributed by atoms with Crippen molar-refractivity contribution in [2.24, 2.45) is 0 Å². The van der Waals surface area contributed by atoms with Gasteiger partial charge in [0.15, 0.2) is 0 Å². The number of amides is 1. The number of rotatable bonds is 7. The summed E-state index contributed by atoms with van der Waals surface area (Å²) in [6.07, 6.45) is 0. The fraction of sp³-hybridized carbons (Fsp3) is 0.375. The number of hydrogen-bond acceptors (Lipinski definition) is 5. The first-order valence-electron chi connectivity index (χ1n) is 7.13. The van der Waals surface area contributed by atoms with Gasteiger partial charge in [0.05, 0.1) is 23.7 Å². The van der Waals surface area contributed by atoms with Gasteiger partial charge in [-0.1, -0.05) is 17.3 Å². The molecule has 0 aliphatic rings. The number of nitrogens with zero attached hydrogens (tertiary/aromatic N) is 1. The Morgan fingerprint density at radius 2 is 2.14 bits per heavy atom. The predicted octanol–water partition coefficient (Wildman–Crippen LogP) is 3.56. The van der Waals surface area contributed by atoms with E-state index in [2.05, 4.69) is 10.5 Å². The number of nitrogens with one attached hydrogen (secondary N) is 1. The molecule has 0 saturated heterocycles. The molecule has 2 aromatic rings. The molecule has 5 nitrogen and oxygen atoms in total. The first-order chi connectivity index (χ1) is 10.6. The Balaban J connectivity index is 1.86. The molecule has 0 aliphatic carbocycles. The van der Waals surface area contributed by atoms with E-state index in [-0.39, 0.29) is 5.91 Å². The number of carbonyl (C=O) groups excluding carboxylic acids is 1. The van der Waals surface area contributed by atoms with Crippen LogP contribution in [0.3, 0.4) is 0 Å². The lowest BCUT2D eigenvalue weighted by Crippen LogP contribution is -2.15. The molecule has 1 N–H and O–H groups in total. The summed E-state index contributed by atoms with van der Waals surface area (Å²) in [7, 11) is 0. The monoisotopic (exact) mass is 320 g/mol. The van der Waals surface area contributed by atoms with Gasteiger partial charge in [-0.3, -0.25) is 4.79 Å². The molecule has 0 radical (unpaired) electrons. The second-order valence-electron chi connectivity index (χ2n) is 4.77. The molecule has 2 rings (SSSR count). The Morgan fingerprint density at radius 3 is 2.82 bits per heavy atom. The second-order valence-corrected chi connectivity index (χ2v) is 5.76. The van der Waals surface area contributed by atoms with Crippen LogP contribution in [0.15, 0.2) is 28.8 Å². The Kier molecular flexibility index (Phi) is 5.89. The fourth-order valence-corrected chi connectivity index (χ4v) is 2.97. The van der Waals surface area contributed by atoms with E-state index in [9.17, 15) is 4.79 Å². The van der Waals surface area contributed by atoms with Crippen LogP contribution in [0.25, 0.3) is 0 Å². The number of ether oxygens (including phenoxy) is 1. The Hall–Kier alpha value is -1.95. The molecule has 1 aromatic heterocycles. The maximum atomic E-state index is 12.0. The predicted molar refractivity (Wildman–Crippen MR) is 88.4 cm³/mol. The number of hydrogen-bond donors (Lipinski definition) is 1. The smallest absolute Gasteiger partial charge is 0.234 e. The molecule has 22 heavy (non-hydrogen) atoms. The summed E-state index contributed by atoms with van der Waals surface area (Å²) in [6.45, 7) is 6.27. The average Bonchev–Trinajstić information content (AvgIpc) is 2.81. The SMILES string of the molecule is CCOc1ccccc1NC(=O)CSCc1c(C)noc1C. The zero-order valence-corrected chi connectivity index (χ0v) is 13.8. The van der Waals surface area contributed by atoms with E-state index in [0.29, 0.717) is 29.5 Å². The minimum Gasteiger partial charge on any atom is -0.492 e. The molecule has 0 saturated carbocycles. The highest BCUT2D eigenvalue weighted by Gasteiger charge is 2.11. The van der Waals surface area contributed by atoms with E-state index in [1.165, 1.54) is 11.8 Å². The van der Waals surface area contributed by atoms with Crippen LogP contribution in [0.4, 0.5) is 5.69 Å². The van der Waals surface area contributed by atoms with Gasteiger partial charge >= 0.3 is 0 Å². The number of thioether (sulfide) groups is 1. The van der Waals surface area contributed by atoms with Crippen molar-refractivity contribution in [3.63, 3.8) is 0 Å². The highest BCUT2D eigenvalue weighted by Crippen LogP contribution is 2.24. The van der Waals surface area contributed by atoms with E-state index in [4.69, 9.17) is 9.26 Å². The van der Waals surface area contributed by atoms with E-state index in [0.717, 1.165) is 17.0 Å². The number of anilines is 1. The maximum Gasteiger partial charge on any atom is 0.234 e. The van der Waals surface area contributed by atoms with Crippen LogP contribution in [0, 0.1) is 13.8 Å². The van der Waals surface area contributed by atoms with Crippen molar-refractivity contribution in [1.29, 1.82) is 0 Å². The molecule has 6 heteroatoms. The number of aromatic nitrogens is 1. The highest BCUT2D eigenvalue weighted by molar-refractivity contribution is 7.99. The van der Waals surface area contributed by atoms with Gasteiger partial charge in [-0.05, 0) is 32.9 Å². The van der Waals surface area contributed by atoms with Crippen molar-refractivity contribution in [3.8, 4) is 5.75 Å². The standard InChI is InChI=1S/C16H20N2O3S/c1-4-20-15-8-6-5-7-14(15)17-16(19)10-22-9-13-11(2)18-21-12(13)3/h5-8H,4,9-10H2,1-3H3,(H,17,19). The lowest BCUT2D eigenvalue weighted by Gasteiger charge is -2.11. The number of aryl methyl sites for hydroxylation is 2. The van der Waals surface area contributed by atoms with Gasteiger partial charge < -0.3 is 14.6 Å². The summed E-state index contributed by atoms with van der Waals surface area (Å²) >= 11 is 1.53. The van der Waals surface area contributed by atoms with Crippen molar-refractivity contribution >= 4 is 23.4 Å². The normalized spacial score (nSPS) is 10.5. The molecule has 0 fully saturated rings. The van der Waals surface area contributed by atoms with Gasteiger partial charge in [0, 0.05) is 11.3 Å². The summed E-state index contributed by atoms with van der Waals surface area (Å²) in [5, 5.41) is 6.79. The van der Waals surface area contributed by atoms with Crippen molar-refractivity contribution in [2.45, 2.75) is 26.5 Å². The van der Waals surface area contributed by atoms with E-state index >= 15 is 0 Å². The Morgan fingerprint density at radius 1 is 1.36 bits per heavy atom. The molecule has 0 spiro atoms. The van der Waals surface area contributed by atoms with Crippen LogP contribution in [-0.2, 0) is 10.5 Å². The summed E-state index contributed by atoms with van der Waals surface area (Å²) in [5.74, 6) is 2.52. The van der Waals surface area contributed by atoms with Crippen LogP contribution in [0.1, 0.15) is 23.9 Å². The zero-order chi connectivity index (χ0) is 15.9. The van der Waals surface area contributed by atoms with Crippen molar-refractivity contribution in [3.05, 3.63) is 41.3 Å². The molecule has 1 heterocycles. The van der Waals surface area contributed by atoms with Crippen molar-refractivity contribution in [1.82, 2.24) is 5.16 Å². The van der Waals surface area contributed by atoms with Crippen LogP contribution in [-0.4, -0.2) is 23.4 Å². The van der Waals surface area contributed by atoms with Crippen LogP contribution >= 0.6 is 11.8 Å². The summed E-state index contributed by atoms with van der Waals surface area (Å²) < 4.78 is 10.6. The molecule has 0 atom stereocenters. The number of carbonyl (C=O) groups is 1. The van der Waals surface area contributed by atoms with Crippen LogP contribution in [0.5, 0.6) is 5.75 Å². The average molecular weight is 320 g/mol. The second kappa shape index (κ2) is 7.89. The molecular weight excluding hydrogens is 300 g/mol. The van der Waals surface area contributed by atoms with Gasteiger partial charge in [-0.15, -0.1) is 11.8 Å². The topological polar surface area (TPSA) is 64.4 Å². The molecule has 0 aliphatic heterocycles. The first-order valence-corrected chi connectivity index (χ1v) is 8.28. The number of para-hydroxylation sites is 2. The lowest BCUT2D eigenvalue weighted by atomic mass is 10.2. The summed E-state index contributed by atoms with van der Waals surface area (Å²) in [6, 6.07) is 7.43. The Bertz CT molecular complexity index is 621. The quantitative estimate of drug-likeness (QED) is 0.845. The van der Waals surface area contributed by atoms with Crippen molar-refractivity contribution < 1.29 is 14.1 Å². The molecule has 118 valence electrons. The van der Waals surface area contributed by atoms with Gasteiger partial charge in [0.1, 0.15) is 11.5 Å². The molecule has 1 aromatic carbocycles. The third kappa shape index (κ3) is 4.27. The van der Waals surface area contributed by atoms with E-state index in [1.807, 2.05) is 45.0 Å². The molecule has 0 unspecified atom stereocenters. The first kappa shape index (κ1) is 16.4. The maximum absolute atomic E-state index is 12.0. The highest BCUT2D eigenvalue weighted by atomic mass is 32.2. The minimum atomic E-state index is -0.0519. The molecule has 1 amide bonds. The Labute approximate surface area is 134 Å². The largest absolute Gasteiger partial charge is 0.492 e. The van der Waals surface area contributed by atoms with Gasteiger partial charge in [0.2, 0.25) is 5.91 Å². The minimum absolute atomic E-state index is 0.0519. The van der Waals surface area contributed by atoms with Gasteiger partial charge in [0.25, 0.3) is 0 Å². The number of benzene rings is 1. The third-order valence-electron chi connectivity index (χ3n) is 3.12. The third-order valence-corrected chi connectivity index (χ3v) is 4.08. The van der Waals surface area contributed by atoms with E-state index in [1.54, 1.807) is 0 Å². The van der Waals surface area contributed by atoms with Gasteiger partial charge in [-0.25, -0.2) is 0 Å². The van der Waals surface area contributed by atoms with Crippen LogP contribution < -0.4 is 10.1 Å². The van der Waals surface area contributed by atoms with Crippen LogP contribution in [0.2, 0.25) is 0 Å². The lowest BCUT2D eigenvalue weighted by molar-refractivity contribution is -0.113.